The first-order chi connectivity index (χ1) is 7.59. The van der Waals surface area contributed by atoms with Gasteiger partial charge >= 0.3 is 5.97 Å². The third-order valence-corrected chi connectivity index (χ3v) is 2.07. The Balaban J connectivity index is 2.50. The summed E-state index contributed by atoms with van der Waals surface area (Å²) in [6.45, 7) is 0. The van der Waals surface area contributed by atoms with E-state index in [4.69, 9.17) is 5.11 Å². The first kappa shape index (κ1) is 10.2. The van der Waals surface area contributed by atoms with Crippen LogP contribution in [0.15, 0.2) is 24.3 Å². The number of aromatic carboxylic acids is 1. The number of aromatic amines is 1. The summed E-state index contributed by atoms with van der Waals surface area (Å²) >= 11 is 0. The fourth-order valence-electron chi connectivity index (χ4n) is 1.29. The smallest absolute Gasteiger partial charge is 0.353 e. The number of phenolic OH excluding ortho intramolecular Hbond substituents is 1. The van der Waals surface area contributed by atoms with Gasteiger partial charge in [-0.1, -0.05) is 6.07 Å². The molecule has 5 nitrogen and oxygen atoms in total. The van der Waals surface area contributed by atoms with Gasteiger partial charge in [0.15, 0.2) is 11.6 Å². The predicted molar refractivity (Wildman–Crippen MR) is 52.6 cm³/mol. The molecule has 3 N–H and O–H groups in total. The summed E-state index contributed by atoms with van der Waals surface area (Å²) in [5.41, 5.74) is 0.191. The fraction of sp³-hybridized carbons (Fsp3) is 0. The number of phenols is 1. The summed E-state index contributed by atoms with van der Waals surface area (Å²) in [4.78, 5) is 10.6. The van der Waals surface area contributed by atoms with Crippen molar-refractivity contribution in [1.29, 1.82) is 0 Å². The molecule has 6 heteroatoms. The molecule has 1 aromatic heterocycles. The molecule has 82 valence electrons. The van der Waals surface area contributed by atoms with Crippen molar-refractivity contribution in [3.05, 3.63) is 35.8 Å². The van der Waals surface area contributed by atoms with Crippen molar-refractivity contribution < 1.29 is 19.4 Å². The van der Waals surface area contributed by atoms with Crippen LogP contribution in [0.4, 0.5) is 4.39 Å². The minimum atomic E-state index is -1.17. The van der Waals surface area contributed by atoms with Crippen molar-refractivity contribution in [3.8, 4) is 17.0 Å². The maximum absolute atomic E-state index is 13.0. The van der Waals surface area contributed by atoms with Crippen LogP contribution in [0.5, 0.6) is 5.75 Å². The number of aromatic hydroxyl groups is 1. The Bertz CT molecular complexity index is 551. The largest absolute Gasteiger partial charge is 0.504 e. The molecular weight excluding hydrogens is 215 g/mol. The van der Waals surface area contributed by atoms with E-state index < -0.39 is 17.5 Å². The molecule has 0 aliphatic rings. The quantitative estimate of drug-likeness (QED) is 0.720. The number of aromatic nitrogens is 2. The molecule has 0 amide bonds. The summed E-state index contributed by atoms with van der Waals surface area (Å²) in [5, 5.41) is 24.0. The average Bonchev–Trinajstić information content (AvgIpc) is 2.71. The Morgan fingerprint density at radius 1 is 1.44 bits per heavy atom. The van der Waals surface area contributed by atoms with Crippen LogP contribution in [0.2, 0.25) is 0 Å². The number of halogens is 1. The van der Waals surface area contributed by atoms with E-state index in [1.165, 1.54) is 18.2 Å². The highest BCUT2D eigenvalue weighted by molar-refractivity contribution is 5.87. The highest BCUT2D eigenvalue weighted by atomic mass is 19.1. The first-order valence-corrected chi connectivity index (χ1v) is 4.36. The van der Waals surface area contributed by atoms with Crippen LogP contribution in [0, 0.1) is 5.82 Å². The molecular formula is C10H7FN2O3. The van der Waals surface area contributed by atoms with Gasteiger partial charge < -0.3 is 10.2 Å². The lowest BCUT2D eigenvalue weighted by molar-refractivity contribution is 0.0690. The molecule has 0 aliphatic carbocycles. The van der Waals surface area contributed by atoms with Gasteiger partial charge in [-0.05, 0) is 18.2 Å². The Labute approximate surface area is 89.2 Å². The standard InChI is InChI=1S/C10H7FN2O3/c11-6-3-1-2-5(9(6)14)7-4-8(10(15)16)13-12-7/h1-4,14H,(H,12,13)(H,15,16). The highest BCUT2D eigenvalue weighted by Crippen LogP contribution is 2.29. The van der Waals surface area contributed by atoms with E-state index in [0.717, 1.165) is 6.07 Å². The van der Waals surface area contributed by atoms with E-state index in [1.54, 1.807) is 0 Å². The minimum absolute atomic E-state index is 0.126. The van der Waals surface area contributed by atoms with Crippen LogP contribution in [0.25, 0.3) is 11.3 Å². The lowest BCUT2D eigenvalue weighted by atomic mass is 10.1. The Morgan fingerprint density at radius 2 is 2.19 bits per heavy atom. The molecule has 0 unspecified atom stereocenters. The Kier molecular flexibility index (Phi) is 2.32. The van der Waals surface area contributed by atoms with Gasteiger partial charge in [0.2, 0.25) is 0 Å². The van der Waals surface area contributed by atoms with Crippen molar-refractivity contribution in [2.45, 2.75) is 0 Å². The molecule has 16 heavy (non-hydrogen) atoms. The van der Waals surface area contributed by atoms with E-state index in [2.05, 4.69) is 10.2 Å². The fourth-order valence-corrected chi connectivity index (χ4v) is 1.29. The number of benzene rings is 1. The third kappa shape index (κ3) is 1.60. The van der Waals surface area contributed by atoms with Crippen LogP contribution in [-0.4, -0.2) is 26.4 Å². The topological polar surface area (TPSA) is 86.2 Å². The average molecular weight is 222 g/mol. The van der Waals surface area contributed by atoms with Crippen LogP contribution in [0.1, 0.15) is 10.5 Å². The zero-order valence-corrected chi connectivity index (χ0v) is 7.94. The Hall–Kier alpha value is -2.37. The number of para-hydroxylation sites is 1. The number of H-pyrrole nitrogens is 1. The second kappa shape index (κ2) is 3.65. The SMILES string of the molecule is O=C(O)c1cc(-c2cccc(F)c2O)n[nH]1. The number of carboxylic acids is 1. The number of nitrogens with zero attached hydrogens (tertiary/aromatic N) is 1. The normalized spacial score (nSPS) is 10.3. The zero-order chi connectivity index (χ0) is 11.7. The molecule has 2 rings (SSSR count). The lowest BCUT2D eigenvalue weighted by Gasteiger charge is -2.00. The summed E-state index contributed by atoms with van der Waals surface area (Å²) in [5.74, 6) is -2.50. The zero-order valence-electron chi connectivity index (χ0n) is 7.94. The number of carboxylic acid groups (broad SMARTS) is 1. The molecule has 0 spiro atoms. The maximum atomic E-state index is 13.0. The van der Waals surface area contributed by atoms with E-state index in [9.17, 15) is 14.3 Å². The van der Waals surface area contributed by atoms with Gasteiger partial charge in [0.25, 0.3) is 0 Å². The molecule has 2 aromatic rings. The second-order valence-corrected chi connectivity index (χ2v) is 3.11. The molecule has 1 heterocycles. The number of rotatable bonds is 2. The molecule has 0 atom stereocenters. The van der Waals surface area contributed by atoms with E-state index in [1.807, 2.05) is 0 Å². The van der Waals surface area contributed by atoms with Gasteiger partial charge in [0.1, 0.15) is 5.69 Å². The number of carbonyl (C=O) groups is 1. The van der Waals surface area contributed by atoms with Crippen molar-refractivity contribution in [3.63, 3.8) is 0 Å². The molecule has 0 fully saturated rings. The van der Waals surface area contributed by atoms with Crippen molar-refractivity contribution in [1.82, 2.24) is 10.2 Å². The summed E-state index contributed by atoms with van der Waals surface area (Å²) in [6, 6.07) is 5.17. The van der Waals surface area contributed by atoms with Crippen molar-refractivity contribution in [2.24, 2.45) is 0 Å². The van der Waals surface area contributed by atoms with Gasteiger partial charge in [0.05, 0.1) is 5.69 Å². The Morgan fingerprint density at radius 3 is 2.81 bits per heavy atom. The van der Waals surface area contributed by atoms with E-state index in [0.29, 0.717) is 0 Å². The molecule has 0 radical (unpaired) electrons. The van der Waals surface area contributed by atoms with Crippen molar-refractivity contribution in [2.75, 3.05) is 0 Å². The van der Waals surface area contributed by atoms with Crippen molar-refractivity contribution >= 4 is 5.97 Å². The number of nitrogens with one attached hydrogen (secondary N) is 1. The molecule has 0 saturated carbocycles. The molecule has 0 aliphatic heterocycles. The monoisotopic (exact) mass is 222 g/mol. The minimum Gasteiger partial charge on any atom is -0.504 e. The van der Waals surface area contributed by atoms with E-state index >= 15 is 0 Å². The van der Waals surface area contributed by atoms with Gasteiger partial charge in [-0.15, -0.1) is 0 Å². The van der Waals surface area contributed by atoms with Gasteiger partial charge in [-0.3, -0.25) is 5.10 Å². The molecule has 0 bridgehead atoms. The highest BCUT2D eigenvalue weighted by Gasteiger charge is 2.14. The lowest BCUT2D eigenvalue weighted by Crippen LogP contribution is -1.95. The van der Waals surface area contributed by atoms with Crippen LogP contribution in [0.3, 0.4) is 0 Å². The number of hydrogen-bond donors (Lipinski definition) is 3. The molecule has 1 aromatic carbocycles. The third-order valence-electron chi connectivity index (χ3n) is 2.07. The van der Waals surface area contributed by atoms with Gasteiger partial charge in [0, 0.05) is 5.56 Å². The van der Waals surface area contributed by atoms with Gasteiger partial charge in [-0.25, -0.2) is 9.18 Å². The second-order valence-electron chi connectivity index (χ2n) is 3.11. The summed E-state index contributed by atoms with van der Waals surface area (Å²) in [7, 11) is 0. The predicted octanol–water partition coefficient (Wildman–Crippen LogP) is 1.62. The first-order valence-electron chi connectivity index (χ1n) is 4.36. The summed E-state index contributed by atoms with van der Waals surface area (Å²) in [6.07, 6.45) is 0. The van der Waals surface area contributed by atoms with Crippen LogP contribution in [-0.2, 0) is 0 Å². The van der Waals surface area contributed by atoms with E-state index in [-0.39, 0.29) is 17.0 Å². The van der Waals surface area contributed by atoms with Crippen LogP contribution < -0.4 is 0 Å². The van der Waals surface area contributed by atoms with Crippen LogP contribution >= 0.6 is 0 Å². The number of hydrogen-bond acceptors (Lipinski definition) is 3. The molecule has 0 saturated heterocycles. The maximum Gasteiger partial charge on any atom is 0.353 e. The summed E-state index contributed by atoms with van der Waals surface area (Å²) < 4.78 is 13.0. The van der Waals surface area contributed by atoms with Gasteiger partial charge in [-0.2, -0.15) is 5.10 Å².